The maximum atomic E-state index is 12.0. The average molecular weight is 346 g/mol. The van der Waals surface area contributed by atoms with Crippen LogP contribution in [0.15, 0.2) is 30.3 Å². The molecular formula is C17H22N4O2S. The molecule has 1 aliphatic rings. The molecule has 0 aliphatic carbocycles. The Bertz CT molecular complexity index is 609. The number of amides is 3. The lowest BCUT2D eigenvalue weighted by molar-refractivity contribution is -0.122. The largest absolute Gasteiger partial charge is 0.337 e. The van der Waals surface area contributed by atoms with Gasteiger partial charge in [-0.1, -0.05) is 30.3 Å². The molecule has 2 rings (SSSR count). The second-order valence-corrected chi connectivity index (χ2v) is 6.97. The van der Waals surface area contributed by atoms with Gasteiger partial charge in [-0.2, -0.15) is 17.0 Å². The molecule has 1 aliphatic heterocycles. The second-order valence-electron chi connectivity index (χ2n) is 5.87. The fourth-order valence-corrected chi connectivity index (χ4v) is 3.72. The number of nitrogens with zero attached hydrogens (tertiary/aromatic N) is 2. The molecule has 1 aromatic rings. The molecular weight excluding hydrogens is 324 g/mol. The van der Waals surface area contributed by atoms with Crippen molar-refractivity contribution in [2.45, 2.75) is 24.9 Å². The SMILES string of the molecule is CN(Cc1ccccc1)C(=O)NCCC(=O)N[C@@]1(C#N)CCSC1. The van der Waals surface area contributed by atoms with Gasteiger partial charge in [-0.05, 0) is 17.7 Å². The predicted molar refractivity (Wildman–Crippen MR) is 94.4 cm³/mol. The lowest BCUT2D eigenvalue weighted by atomic mass is 10.0. The number of nitriles is 1. The number of thioether (sulfide) groups is 1. The van der Waals surface area contributed by atoms with Gasteiger partial charge in [0.15, 0.2) is 0 Å². The Labute approximate surface area is 146 Å². The standard InChI is InChI=1S/C17H22N4O2S/c1-21(11-14-5-3-2-4-6-14)16(23)19-9-7-15(22)20-17(12-18)8-10-24-13-17/h2-6H,7-11,13H2,1H3,(H,19,23)(H,20,22)/t17-/m1/s1. The van der Waals surface area contributed by atoms with E-state index in [0.717, 1.165) is 11.3 Å². The Morgan fingerprint density at radius 2 is 2.12 bits per heavy atom. The van der Waals surface area contributed by atoms with Crippen molar-refractivity contribution < 1.29 is 9.59 Å². The van der Waals surface area contributed by atoms with Gasteiger partial charge in [-0.25, -0.2) is 4.79 Å². The summed E-state index contributed by atoms with van der Waals surface area (Å²) in [5.74, 6) is 1.31. The predicted octanol–water partition coefficient (Wildman–Crippen LogP) is 1.73. The fourth-order valence-electron chi connectivity index (χ4n) is 2.46. The van der Waals surface area contributed by atoms with Crippen molar-refractivity contribution in [3.8, 4) is 6.07 Å². The molecule has 1 atom stereocenters. The van der Waals surface area contributed by atoms with Gasteiger partial charge in [0.1, 0.15) is 5.54 Å². The molecule has 2 N–H and O–H groups in total. The van der Waals surface area contributed by atoms with E-state index in [2.05, 4.69) is 16.7 Å². The highest BCUT2D eigenvalue weighted by Gasteiger charge is 2.35. The summed E-state index contributed by atoms with van der Waals surface area (Å²) in [6.45, 7) is 0.756. The third kappa shape index (κ3) is 5.17. The van der Waals surface area contributed by atoms with E-state index in [1.165, 1.54) is 0 Å². The van der Waals surface area contributed by atoms with Crippen LogP contribution in [0.1, 0.15) is 18.4 Å². The molecule has 0 radical (unpaired) electrons. The van der Waals surface area contributed by atoms with E-state index in [1.54, 1.807) is 23.7 Å². The normalized spacial score (nSPS) is 19.3. The summed E-state index contributed by atoms with van der Waals surface area (Å²) < 4.78 is 0. The molecule has 128 valence electrons. The zero-order valence-electron chi connectivity index (χ0n) is 13.7. The van der Waals surface area contributed by atoms with Gasteiger partial charge in [0.25, 0.3) is 0 Å². The molecule has 1 heterocycles. The van der Waals surface area contributed by atoms with Crippen LogP contribution >= 0.6 is 11.8 Å². The smallest absolute Gasteiger partial charge is 0.317 e. The average Bonchev–Trinajstić information content (AvgIpc) is 3.04. The summed E-state index contributed by atoms with van der Waals surface area (Å²) in [4.78, 5) is 25.6. The van der Waals surface area contributed by atoms with Crippen LogP contribution in [-0.4, -0.2) is 47.5 Å². The minimum absolute atomic E-state index is 0.166. The maximum absolute atomic E-state index is 12.0. The van der Waals surface area contributed by atoms with Crippen molar-refractivity contribution >= 4 is 23.7 Å². The third-order valence-electron chi connectivity index (χ3n) is 3.85. The molecule has 0 bridgehead atoms. The molecule has 6 nitrogen and oxygen atoms in total. The Kier molecular flexibility index (Phi) is 6.50. The Balaban J connectivity index is 1.70. The minimum Gasteiger partial charge on any atom is -0.337 e. The highest BCUT2D eigenvalue weighted by molar-refractivity contribution is 7.99. The first-order valence-corrected chi connectivity index (χ1v) is 9.03. The van der Waals surface area contributed by atoms with Crippen LogP contribution < -0.4 is 10.6 Å². The van der Waals surface area contributed by atoms with Crippen molar-refractivity contribution in [3.63, 3.8) is 0 Å². The quantitative estimate of drug-likeness (QED) is 0.821. The van der Waals surface area contributed by atoms with Gasteiger partial charge in [-0.3, -0.25) is 4.79 Å². The summed E-state index contributed by atoms with van der Waals surface area (Å²) in [5.41, 5.74) is 0.304. The van der Waals surface area contributed by atoms with E-state index in [0.29, 0.717) is 18.7 Å². The number of hydrogen-bond donors (Lipinski definition) is 2. The van der Waals surface area contributed by atoms with E-state index in [-0.39, 0.29) is 24.9 Å². The number of carbonyl (C=O) groups is 2. The van der Waals surface area contributed by atoms with Crippen LogP contribution in [-0.2, 0) is 11.3 Å². The van der Waals surface area contributed by atoms with Crippen molar-refractivity contribution in [2.24, 2.45) is 0 Å². The number of carbonyl (C=O) groups excluding carboxylic acids is 2. The van der Waals surface area contributed by atoms with Crippen LogP contribution in [0.5, 0.6) is 0 Å². The van der Waals surface area contributed by atoms with Gasteiger partial charge in [0, 0.05) is 32.3 Å². The number of benzene rings is 1. The monoisotopic (exact) mass is 346 g/mol. The first-order chi connectivity index (χ1) is 11.5. The third-order valence-corrected chi connectivity index (χ3v) is 5.04. The Morgan fingerprint density at radius 3 is 2.75 bits per heavy atom. The fraction of sp³-hybridized carbons (Fsp3) is 0.471. The number of rotatable bonds is 6. The van der Waals surface area contributed by atoms with Gasteiger partial charge in [-0.15, -0.1) is 0 Å². The summed E-state index contributed by atoms with van der Waals surface area (Å²) in [6.07, 6.45) is 0.838. The molecule has 3 amide bonds. The van der Waals surface area contributed by atoms with Crippen molar-refractivity contribution in [1.29, 1.82) is 5.26 Å². The first-order valence-electron chi connectivity index (χ1n) is 7.87. The molecule has 0 spiro atoms. The van der Waals surface area contributed by atoms with Crippen LogP contribution in [0, 0.1) is 11.3 Å². The molecule has 1 aromatic carbocycles. The lowest BCUT2D eigenvalue weighted by Crippen LogP contribution is -2.48. The van der Waals surface area contributed by atoms with Gasteiger partial charge in [0.05, 0.1) is 6.07 Å². The van der Waals surface area contributed by atoms with E-state index in [4.69, 9.17) is 0 Å². The summed E-state index contributed by atoms with van der Waals surface area (Å²) in [7, 11) is 1.71. The minimum atomic E-state index is -0.740. The number of urea groups is 1. The number of nitrogens with one attached hydrogen (secondary N) is 2. The Hall–Kier alpha value is -2.20. The van der Waals surface area contributed by atoms with Crippen molar-refractivity contribution in [2.75, 3.05) is 25.1 Å². The summed E-state index contributed by atoms with van der Waals surface area (Å²) in [5, 5.41) is 14.8. The van der Waals surface area contributed by atoms with Gasteiger partial charge < -0.3 is 15.5 Å². The Morgan fingerprint density at radius 1 is 1.38 bits per heavy atom. The highest BCUT2D eigenvalue weighted by Crippen LogP contribution is 2.27. The van der Waals surface area contributed by atoms with E-state index in [1.807, 2.05) is 30.3 Å². The molecule has 1 fully saturated rings. The van der Waals surface area contributed by atoms with Crippen LogP contribution in [0.4, 0.5) is 4.79 Å². The molecule has 7 heteroatoms. The van der Waals surface area contributed by atoms with Crippen molar-refractivity contribution in [1.82, 2.24) is 15.5 Å². The maximum Gasteiger partial charge on any atom is 0.317 e. The topological polar surface area (TPSA) is 85.2 Å². The summed E-state index contributed by atoms with van der Waals surface area (Å²) in [6, 6.07) is 11.7. The van der Waals surface area contributed by atoms with E-state index >= 15 is 0 Å². The second kappa shape index (κ2) is 8.60. The molecule has 0 unspecified atom stereocenters. The zero-order valence-corrected chi connectivity index (χ0v) is 14.6. The van der Waals surface area contributed by atoms with Crippen LogP contribution in [0.25, 0.3) is 0 Å². The lowest BCUT2D eigenvalue weighted by Gasteiger charge is -2.21. The molecule has 0 saturated carbocycles. The first kappa shape index (κ1) is 18.1. The highest BCUT2D eigenvalue weighted by atomic mass is 32.2. The van der Waals surface area contributed by atoms with Gasteiger partial charge >= 0.3 is 6.03 Å². The van der Waals surface area contributed by atoms with Crippen molar-refractivity contribution in [3.05, 3.63) is 35.9 Å². The van der Waals surface area contributed by atoms with Gasteiger partial charge in [0.2, 0.25) is 5.91 Å². The molecule has 24 heavy (non-hydrogen) atoms. The number of hydrogen-bond acceptors (Lipinski definition) is 4. The van der Waals surface area contributed by atoms with Crippen LogP contribution in [0.2, 0.25) is 0 Å². The summed E-state index contributed by atoms with van der Waals surface area (Å²) >= 11 is 1.67. The van der Waals surface area contributed by atoms with E-state index < -0.39 is 5.54 Å². The molecule has 1 saturated heterocycles. The van der Waals surface area contributed by atoms with E-state index in [9.17, 15) is 14.9 Å². The van der Waals surface area contributed by atoms with Crippen LogP contribution in [0.3, 0.4) is 0 Å². The molecule has 0 aromatic heterocycles. The zero-order chi connectivity index (χ0) is 17.4.